The summed E-state index contributed by atoms with van der Waals surface area (Å²) in [6.45, 7) is 6.52. The number of piperidine rings is 1. The first-order valence-electron chi connectivity index (χ1n) is 17.7. The largest absolute Gasteiger partial charge is 0.390 e. The molecule has 3 aromatic heterocycles. The zero-order valence-corrected chi connectivity index (χ0v) is 31.1. The molecule has 13 heteroatoms. The Morgan fingerprint density at radius 3 is 2.55 bits per heavy atom. The Morgan fingerprint density at radius 1 is 1.04 bits per heavy atom. The summed E-state index contributed by atoms with van der Waals surface area (Å²) in [5.74, 6) is -0.0374. The van der Waals surface area contributed by atoms with Crippen LogP contribution in [0, 0.1) is 19.3 Å². The Labute approximate surface area is 305 Å². The van der Waals surface area contributed by atoms with E-state index in [0.717, 1.165) is 44.3 Å². The van der Waals surface area contributed by atoms with Crippen LogP contribution in [0.1, 0.15) is 84.7 Å². The molecule has 2 fully saturated rings. The predicted molar refractivity (Wildman–Crippen MR) is 194 cm³/mol. The van der Waals surface area contributed by atoms with Gasteiger partial charge in [-0.2, -0.15) is 5.10 Å². The van der Waals surface area contributed by atoms with Gasteiger partial charge in [0.1, 0.15) is 28.8 Å². The van der Waals surface area contributed by atoms with Gasteiger partial charge in [-0.25, -0.2) is 15.0 Å². The molecule has 1 saturated carbocycles. The number of ketones is 2. The average molecular weight is 759 g/mol. The van der Waals surface area contributed by atoms with E-state index >= 15 is 0 Å². The fourth-order valence-electron chi connectivity index (χ4n) is 8.26. The second-order valence-electron chi connectivity index (χ2n) is 14.8. The Hall–Kier alpha value is -3.91. The van der Waals surface area contributed by atoms with Gasteiger partial charge >= 0.3 is 0 Å². The molecule has 3 aliphatic rings. The number of rotatable bonds is 5. The molecule has 1 amide bonds. The van der Waals surface area contributed by atoms with Gasteiger partial charge in [0.15, 0.2) is 11.6 Å². The lowest BCUT2D eigenvalue weighted by atomic mass is 9.93. The second-order valence-corrected chi connectivity index (χ2v) is 15.6. The van der Waals surface area contributed by atoms with Crippen molar-refractivity contribution in [2.24, 2.45) is 5.41 Å². The van der Waals surface area contributed by atoms with Gasteiger partial charge in [-0.15, -0.1) is 0 Å². The molecular formula is C38H44BrN7O5. The van der Waals surface area contributed by atoms with E-state index in [9.17, 15) is 24.6 Å². The molecule has 2 unspecified atom stereocenters. The lowest BCUT2D eigenvalue weighted by Gasteiger charge is -2.27. The van der Waals surface area contributed by atoms with Crippen molar-refractivity contribution in [1.82, 2.24) is 34.5 Å². The van der Waals surface area contributed by atoms with Crippen molar-refractivity contribution in [3.63, 3.8) is 0 Å². The van der Waals surface area contributed by atoms with Crippen molar-refractivity contribution in [2.45, 2.75) is 96.6 Å². The molecule has 2 aliphatic heterocycles. The molecule has 2 N–H and O–H groups in total. The van der Waals surface area contributed by atoms with Crippen LogP contribution in [0.15, 0.2) is 41.3 Å². The minimum Gasteiger partial charge on any atom is -0.390 e. The van der Waals surface area contributed by atoms with Gasteiger partial charge in [-0.05, 0) is 98.4 Å². The highest BCUT2D eigenvalue weighted by molar-refractivity contribution is 9.10. The molecule has 5 heterocycles. The van der Waals surface area contributed by atoms with Crippen molar-refractivity contribution in [3.05, 3.63) is 69.6 Å². The van der Waals surface area contributed by atoms with E-state index in [1.54, 1.807) is 36.4 Å². The Bertz CT molecular complexity index is 2020. The maximum Gasteiger partial charge on any atom is 0.245 e. The maximum atomic E-state index is 14.6. The van der Waals surface area contributed by atoms with Crippen LogP contribution in [0.5, 0.6) is 0 Å². The van der Waals surface area contributed by atoms with Gasteiger partial charge in [0, 0.05) is 53.8 Å². The highest BCUT2D eigenvalue weighted by Crippen LogP contribution is 2.60. The minimum atomic E-state index is -1.32. The molecule has 1 saturated heterocycles. The molecule has 51 heavy (non-hydrogen) atoms. The number of amides is 1. The van der Waals surface area contributed by atoms with Gasteiger partial charge in [0.05, 0.1) is 29.8 Å². The molecule has 1 aliphatic carbocycles. The van der Waals surface area contributed by atoms with Crippen molar-refractivity contribution >= 4 is 44.3 Å². The number of aliphatic hydroxyl groups excluding tert-OH is 2. The molecule has 7 rings (SSSR count). The van der Waals surface area contributed by atoms with Crippen molar-refractivity contribution in [1.29, 1.82) is 0 Å². The van der Waals surface area contributed by atoms with Crippen molar-refractivity contribution in [3.8, 4) is 11.1 Å². The monoisotopic (exact) mass is 757 g/mol. The van der Waals surface area contributed by atoms with E-state index < -0.39 is 18.2 Å². The topological polar surface area (TPSA) is 155 Å². The van der Waals surface area contributed by atoms with Crippen molar-refractivity contribution in [2.75, 3.05) is 20.1 Å². The number of benzene rings is 1. The normalized spacial score (nSPS) is 25.9. The number of aliphatic hydroxyl groups is 2. The van der Waals surface area contributed by atoms with Crippen LogP contribution >= 0.6 is 15.9 Å². The Balaban J connectivity index is 1.32. The van der Waals surface area contributed by atoms with Crippen LogP contribution in [0.25, 0.3) is 22.0 Å². The van der Waals surface area contributed by atoms with Gasteiger partial charge in [0.2, 0.25) is 5.91 Å². The number of nitrogens with zero attached hydrogens (tertiary/aromatic N) is 7. The molecule has 0 spiro atoms. The molecular weight excluding hydrogens is 714 g/mol. The molecule has 268 valence electrons. The minimum absolute atomic E-state index is 0.0559. The number of aromatic nitrogens is 5. The standard InChI is InChI=1S/C38H44BrN7O5/c1-21-9-10-33(39)42-28(21)14-31(49)29-15-38-16-32(38)46(29)34(50)19-45-36-26(35(43-45)22(2)47)12-24(25-17-40-23(3)41-18-25)13-27(36)37(51)30(48)8-6-5-7-11-44(4)20-38/h9-10,12-13,17-18,29-30,32,37,48,51H,5-8,11,14-16,19-20H2,1-4H3/t29-,30?,32+,37?,38-/m0/s1. The van der Waals surface area contributed by atoms with Gasteiger partial charge < -0.3 is 20.0 Å². The fraction of sp³-hybridized carbons (Fsp3) is 0.500. The summed E-state index contributed by atoms with van der Waals surface area (Å²) in [5.41, 5.74) is 3.64. The summed E-state index contributed by atoms with van der Waals surface area (Å²) in [7, 11) is 2.09. The highest BCUT2D eigenvalue weighted by Gasteiger charge is 2.67. The van der Waals surface area contributed by atoms with E-state index in [1.165, 1.54) is 11.6 Å². The smallest absolute Gasteiger partial charge is 0.245 e. The van der Waals surface area contributed by atoms with Crippen LogP contribution in [0.3, 0.4) is 0 Å². The summed E-state index contributed by atoms with van der Waals surface area (Å²) in [6, 6.07) is 6.62. The van der Waals surface area contributed by atoms with Crippen LogP contribution in [0.4, 0.5) is 0 Å². The first-order valence-corrected chi connectivity index (χ1v) is 18.5. The quantitative estimate of drug-likeness (QED) is 0.219. The Kier molecular flexibility index (Phi) is 9.68. The summed E-state index contributed by atoms with van der Waals surface area (Å²) < 4.78 is 2.13. The van der Waals surface area contributed by atoms with E-state index in [2.05, 4.69) is 47.9 Å². The van der Waals surface area contributed by atoms with Gasteiger partial charge in [0.25, 0.3) is 0 Å². The lowest BCUT2D eigenvalue weighted by molar-refractivity contribution is -0.139. The van der Waals surface area contributed by atoms with E-state index in [-0.39, 0.29) is 47.6 Å². The Morgan fingerprint density at radius 2 is 1.80 bits per heavy atom. The summed E-state index contributed by atoms with van der Waals surface area (Å²) in [6.07, 6.45) is 5.34. The molecule has 4 aromatic rings. The highest BCUT2D eigenvalue weighted by atomic mass is 79.9. The molecule has 2 bridgehead atoms. The van der Waals surface area contributed by atoms with Crippen molar-refractivity contribution < 1.29 is 24.6 Å². The third kappa shape index (κ3) is 6.88. The maximum absolute atomic E-state index is 14.6. The number of pyridine rings is 1. The number of aryl methyl sites for hydroxylation is 2. The van der Waals surface area contributed by atoms with E-state index in [1.807, 2.05) is 19.1 Å². The molecule has 12 nitrogen and oxygen atoms in total. The van der Waals surface area contributed by atoms with E-state index in [4.69, 9.17) is 0 Å². The van der Waals surface area contributed by atoms with Gasteiger partial charge in [-0.1, -0.05) is 18.9 Å². The molecule has 5 atom stereocenters. The first kappa shape index (κ1) is 35.5. The number of halogens is 1. The lowest BCUT2D eigenvalue weighted by Crippen LogP contribution is -2.45. The zero-order chi connectivity index (χ0) is 36.2. The van der Waals surface area contributed by atoms with Crippen LogP contribution < -0.4 is 0 Å². The van der Waals surface area contributed by atoms with Gasteiger partial charge in [-0.3, -0.25) is 19.1 Å². The van der Waals surface area contributed by atoms with Crippen LogP contribution in [-0.2, 0) is 22.6 Å². The number of carbonyl (C=O) groups is 3. The fourth-order valence-corrected chi connectivity index (χ4v) is 8.60. The molecule has 0 radical (unpaired) electrons. The number of Topliss-reactive ketones (excluding diaryl/α,β-unsaturated/α-hetero) is 2. The third-order valence-electron chi connectivity index (χ3n) is 11.0. The number of hydrogen-bond acceptors (Lipinski definition) is 10. The number of carbonyl (C=O) groups excluding carboxylic acids is 3. The predicted octanol–water partition coefficient (Wildman–Crippen LogP) is 4.54. The first-order chi connectivity index (χ1) is 24.3. The van der Waals surface area contributed by atoms with Crippen LogP contribution in [0.2, 0.25) is 0 Å². The second kappa shape index (κ2) is 13.9. The average Bonchev–Trinajstić information content (AvgIpc) is 3.48. The SMILES string of the molecule is CC(=O)c1nn2c3c(cc(-c4cnc(C)nc4)cc13)C(O)C(O)CCCCCN(C)C[C@@]13C[C@@H](C(=O)Cc4nc(Br)ccc4C)N(C(=O)C2)[C@@H]1C3. The zero-order valence-electron chi connectivity index (χ0n) is 29.5. The summed E-state index contributed by atoms with van der Waals surface area (Å²) in [5, 5.41) is 28.2. The van der Waals surface area contributed by atoms with E-state index in [0.29, 0.717) is 56.6 Å². The third-order valence-corrected chi connectivity index (χ3v) is 11.4. The summed E-state index contributed by atoms with van der Waals surface area (Å²) >= 11 is 3.43. The van der Waals surface area contributed by atoms with Crippen LogP contribution in [-0.4, -0.2) is 101 Å². The number of hydrogen-bond donors (Lipinski definition) is 2. The summed E-state index contributed by atoms with van der Waals surface area (Å²) in [4.78, 5) is 59.1. The molecule has 1 aromatic carbocycles.